The molecule has 1 N–H and O–H groups in total. The second-order valence-corrected chi connectivity index (χ2v) is 6.46. The molecular formula is C17H26FN3. The van der Waals surface area contributed by atoms with E-state index in [0.29, 0.717) is 18.4 Å². The van der Waals surface area contributed by atoms with E-state index in [9.17, 15) is 4.39 Å². The molecular weight excluding hydrogens is 265 g/mol. The molecule has 0 radical (unpaired) electrons. The summed E-state index contributed by atoms with van der Waals surface area (Å²) in [6.07, 6.45) is 9.00. The van der Waals surface area contributed by atoms with E-state index >= 15 is 0 Å². The summed E-state index contributed by atoms with van der Waals surface area (Å²) in [5.74, 6) is 1.22. The molecule has 0 aromatic carbocycles. The third kappa shape index (κ3) is 3.73. The van der Waals surface area contributed by atoms with Gasteiger partial charge in [0.2, 0.25) is 0 Å². The highest BCUT2D eigenvalue weighted by molar-refractivity contribution is 5.43. The average molecular weight is 291 g/mol. The van der Waals surface area contributed by atoms with E-state index in [1.807, 2.05) is 0 Å². The predicted molar refractivity (Wildman–Crippen MR) is 83.9 cm³/mol. The van der Waals surface area contributed by atoms with Crippen LogP contribution in [-0.2, 0) is 6.54 Å². The van der Waals surface area contributed by atoms with Crippen LogP contribution in [0.25, 0.3) is 0 Å². The Hall–Kier alpha value is -1.16. The van der Waals surface area contributed by atoms with Crippen LogP contribution in [0.3, 0.4) is 0 Å². The Morgan fingerprint density at radius 2 is 2.14 bits per heavy atom. The third-order valence-electron chi connectivity index (χ3n) is 4.83. The number of nitrogens with one attached hydrogen (secondary N) is 1. The van der Waals surface area contributed by atoms with Crippen molar-refractivity contribution in [3.05, 3.63) is 23.6 Å². The van der Waals surface area contributed by atoms with Crippen molar-refractivity contribution in [3.63, 3.8) is 0 Å². The minimum absolute atomic E-state index is 0.124. The molecule has 1 saturated carbocycles. The Bertz CT molecular complexity index is 473. The van der Waals surface area contributed by atoms with Crippen LogP contribution in [0.15, 0.2) is 12.3 Å². The summed E-state index contributed by atoms with van der Waals surface area (Å²) in [4.78, 5) is 6.47. The third-order valence-corrected chi connectivity index (χ3v) is 4.83. The Morgan fingerprint density at radius 3 is 2.90 bits per heavy atom. The van der Waals surface area contributed by atoms with Gasteiger partial charge in [0.15, 0.2) is 11.6 Å². The van der Waals surface area contributed by atoms with Gasteiger partial charge in [-0.15, -0.1) is 0 Å². The van der Waals surface area contributed by atoms with Crippen LogP contribution in [0.1, 0.15) is 51.0 Å². The van der Waals surface area contributed by atoms with E-state index in [4.69, 9.17) is 0 Å². The van der Waals surface area contributed by atoms with Crippen LogP contribution in [0.4, 0.5) is 10.2 Å². The highest BCUT2D eigenvalue weighted by Gasteiger charge is 2.23. The van der Waals surface area contributed by atoms with Gasteiger partial charge in [-0.2, -0.15) is 0 Å². The zero-order chi connectivity index (χ0) is 14.7. The first-order valence-electron chi connectivity index (χ1n) is 8.39. The van der Waals surface area contributed by atoms with Gasteiger partial charge in [0.05, 0.1) is 0 Å². The van der Waals surface area contributed by atoms with E-state index in [-0.39, 0.29) is 5.82 Å². The number of anilines is 1. The van der Waals surface area contributed by atoms with E-state index in [2.05, 4.69) is 22.1 Å². The molecule has 4 heteroatoms. The van der Waals surface area contributed by atoms with Gasteiger partial charge in [-0.1, -0.05) is 13.3 Å². The van der Waals surface area contributed by atoms with Crippen molar-refractivity contribution in [1.82, 2.24) is 10.3 Å². The monoisotopic (exact) mass is 291 g/mol. The van der Waals surface area contributed by atoms with Crippen molar-refractivity contribution < 1.29 is 4.39 Å². The molecule has 0 amide bonds. The van der Waals surface area contributed by atoms with Crippen molar-refractivity contribution in [3.8, 4) is 0 Å². The van der Waals surface area contributed by atoms with Crippen LogP contribution < -0.4 is 10.2 Å². The lowest BCUT2D eigenvalue weighted by Gasteiger charge is -2.23. The molecule has 0 spiro atoms. The SMILES string of the molecule is CCC1CCCN(c2nccc(CNC3CC3)c2F)CC1. The topological polar surface area (TPSA) is 28.2 Å². The fourth-order valence-electron chi connectivity index (χ4n) is 3.16. The highest BCUT2D eigenvalue weighted by atomic mass is 19.1. The second-order valence-electron chi connectivity index (χ2n) is 6.46. The zero-order valence-corrected chi connectivity index (χ0v) is 12.9. The fourth-order valence-corrected chi connectivity index (χ4v) is 3.16. The van der Waals surface area contributed by atoms with E-state index in [1.54, 1.807) is 12.3 Å². The summed E-state index contributed by atoms with van der Waals surface area (Å²) in [5, 5.41) is 3.39. The minimum atomic E-state index is -0.124. The maximum Gasteiger partial charge on any atom is 0.170 e. The molecule has 2 fully saturated rings. The van der Waals surface area contributed by atoms with Crippen molar-refractivity contribution in [2.45, 2.75) is 58.0 Å². The van der Waals surface area contributed by atoms with Crippen LogP contribution in [0.5, 0.6) is 0 Å². The molecule has 21 heavy (non-hydrogen) atoms. The molecule has 0 bridgehead atoms. The molecule has 2 aliphatic rings. The molecule has 1 aromatic heterocycles. The van der Waals surface area contributed by atoms with Crippen molar-refractivity contribution in [2.75, 3.05) is 18.0 Å². The van der Waals surface area contributed by atoms with Crippen LogP contribution in [0, 0.1) is 11.7 Å². The van der Waals surface area contributed by atoms with Gasteiger partial charge in [-0.3, -0.25) is 0 Å². The second kappa shape index (κ2) is 6.73. The molecule has 1 aliphatic carbocycles. The van der Waals surface area contributed by atoms with E-state index in [0.717, 1.165) is 37.4 Å². The average Bonchev–Trinajstić information content (AvgIpc) is 3.33. The molecule has 3 rings (SSSR count). The minimum Gasteiger partial charge on any atom is -0.354 e. The summed E-state index contributed by atoms with van der Waals surface area (Å²) in [5.41, 5.74) is 0.753. The summed E-state index contributed by atoms with van der Waals surface area (Å²) in [6.45, 7) is 4.74. The van der Waals surface area contributed by atoms with Gasteiger partial charge in [0.1, 0.15) is 0 Å². The number of aromatic nitrogens is 1. The van der Waals surface area contributed by atoms with Crippen LogP contribution in [0.2, 0.25) is 0 Å². The van der Waals surface area contributed by atoms with Crippen molar-refractivity contribution in [1.29, 1.82) is 0 Å². The number of rotatable bonds is 5. The lowest BCUT2D eigenvalue weighted by atomic mass is 9.98. The number of halogens is 1. The standard InChI is InChI=1S/C17H26FN3/c1-2-13-4-3-10-21(11-8-13)17-16(18)14(7-9-19-17)12-20-15-5-6-15/h7,9,13,15,20H,2-6,8,10-12H2,1H3. The quantitative estimate of drug-likeness (QED) is 0.900. The van der Waals surface area contributed by atoms with E-state index < -0.39 is 0 Å². The predicted octanol–water partition coefficient (Wildman–Crippen LogP) is 3.49. The highest BCUT2D eigenvalue weighted by Crippen LogP contribution is 2.26. The first-order valence-corrected chi connectivity index (χ1v) is 8.39. The Balaban J connectivity index is 1.69. The lowest BCUT2D eigenvalue weighted by molar-refractivity contribution is 0.459. The zero-order valence-electron chi connectivity index (χ0n) is 12.9. The van der Waals surface area contributed by atoms with Gasteiger partial charge < -0.3 is 10.2 Å². The molecule has 3 nitrogen and oxygen atoms in total. The molecule has 1 aromatic rings. The Morgan fingerprint density at radius 1 is 1.29 bits per heavy atom. The van der Waals surface area contributed by atoms with Gasteiger partial charge in [0.25, 0.3) is 0 Å². The molecule has 1 aliphatic heterocycles. The van der Waals surface area contributed by atoms with Gasteiger partial charge in [-0.05, 0) is 44.1 Å². The van der Waals surface area contributed by atoms with Crippen LogP contribution in [-0.4, -0.2) is 24.1 Å². The first kappa shape index (κ1) is 14.8. The summed E-state index contributed by atoms with van der Waals surface area (Å²) in [6, 6.07) is 2.41. The number of hydrogen-bond donors (Lipinski definition) is 1. The number of pyridine rings is 1. The number of nitrogens with zero attached hydrogens (tertiary/aromatic N) is 2. The normalized spacial score (nSPS) is 23.1. The smallest absolute Gasteiger partial charge is 0.170 e. The fraction of sp³-hybridized carbons (Fsp3) is 0.706. The maximum atomic E-state index is 14.7. The van der Waals surface area contributed by atoms with Crippen molar-refractivity contribution in [2.24, 2.45) is 5.92 Å². The van der Waals surface area contributed by atoms with E-state index in [1.165, 1.54) is 25.7 Å². The first-order chi connectivity index (χ1) is 10.3. The Labute approximate surface area is 126 Å². The maximum absolute atomic E-state index is 14.7. The molecule has 1 saturated heterocycles. The largest absolute Gasteiger partial charge is 0.354 e. The molecule has 1 unspecified atom stereocenters. The summed E-state index contributed by atoms with van der Waals surface area (Å²) < 4.78 is 14.7. The van der Waals surface area contributed by atoms with Crippen LogP contribution >= 0.6 is 0 Å². The lowest BCUT2D eigenvalue weighted by Crippen LogP contribution is -2.27. The Kier molecular flexibility index (Phi) is 4.73. The molecule has 116 valence electrons. The van der Waals surface area contributed by atoms with Gasteiger partial charge in [-0.25, -0.2) is 9.37 Å². The van der Waals surface area contributed by atoms with Gasteiger partial charge in [0, 0.05) is 37.4 Å². The number of hydrogen-bond acceptors (Lipinski definition) is 3. The van der Waals surface area contributed by atoms with Gasteiger partial charge >= 0.3 is 0 Å². The van der Waals surface area contributed by atoms with Crippen molar-refractivity contribution >= 4 is 5.82 Å². The molecule has 2 heterocycles. The molecule has 1 atom stereocenters. The summed E-state index contributed by atoms with van der Waals surface area (Å²) >= 11 is 0. The summed E-state index contributed by atoms with van der Waals surface area (Å²) in [7, 11) is 0.